The summed E-state index contributed by atoms with van der Waals surface area (Å²) in [7, 11) is 0. The van der Waals surface area contributed by atoms with Crippen molar-refractivity contribution in [1.29, 1.82) is 0 Å². The predicted octanol–water partition coefficient (Wildman–Crippen LogP) is 4.00. The lowest BCUT2D eigenvalue weighted by atomic mass is 10.1. The number of fused-ring (bicyclic) bond motifs is 1. The molecule has 0 N–H and O–H groups in total. The van der Waals surface area contributed by atoms with Crippen LogP contribution < -0.4 is 0 Å². The number of rotatable bonds is 3. The molecule has 0 aromatic heterocycles. The highest BCUT2D eigenvalue weighted by molar-refractivity contribution is 5.94. The van der Waals surface area contributed by atoms with Crippen molar-refractivity contribution in [3.05, 3.63) is 83.9 Å². The first kappa shape index (κ1) is 12.4. The number of carbonyl (C=O) groups is 1. The van der Waals surface area contributed by atoms with Crippen LogP contribution in [0.5, 0.6) is 0 Å². The average molecular weight is 261 g/mol. The lowest BCUT2D eigenvalue weighted by molar-refractivity contribution is 0.0472. The molecule has 3 aromatic rings. The molecule has 0 atom stereocenters. The summed E-state index contributed by atoms with van der Waals surface area (Å²) in [6, 6.07) is 24.2. The van der Waals surface area contributed by atoms with Crippen molar-refractivity contribution in [2.45, 2.75) is 6.61 Å². The summed E-state index contributed by atoms with van der Waals surface area (Å²) in [5, 5.41) is 1.98. The Balaban J connectivity index is 1.75. The van der Waals surface area contributed by atoms with E-state index in [2.05, 4.69) is 6.07 Å². The quantitative estimate of drug-likeness (QED) is 0.666. The number of benzene rings is 3. The highest BCUT2D eigenvalue weighted by Gasteiger charge is 2.08. The summed E-state index contributed by atoms with van der Waals surface area (Å²) in [5.41, 5.74) is 1.43. The summed E-state index contributed by atoms with van der Waals surface area (Å²) >= 11 is 0. The van der Waals surface area contributed by atoms with Crippen molar-refractivity contribution < 1.29 is 9.53 Å². The van der Waals surface area contributed by atoms with Crippen LogP contribution in [0.2, 0.25) is 0 Å². The smallest absolute Gasteiger partial charge is 0.339 e. The Kier molecular flexibility index (Phi) is 3.46. The molecule has 0 unspecified atom stereocenters. The van der Waals surface area contributed by atoms with Crippen LogP contribution in [0, 0.1) is 6.07 Å². The lowest BCUT2D eigenvalue weighted by Crippen LogP contribution is -2.05. The molecule has 0 saturated heterocycles. The molecule has 0 aliphatic heterocycles. The first-order valence-electron chi connectivity index (χ1n) is 6.45. The normalized spacial score (nSPS) is 10.4. The molecular formula is C18H13O2. The van der Waals surface area contributed by atoms with E-state index in [1.165, 1.54) is 0 Å². The molecule has 0 aliphatic rings. The topological polar surface area (TPSA) is 26.3 Å². The van der Waals surface area contributed by atoms with Crippen molar-refractivity contribution in [1.82, 2.24) is 0 Å². The largest absolute Gasteiger partial charge is 0.457 e. The van der Waals surface area contributed by atoms with Gasteiger partial charge in [-0.15, -0.1) is 0 Å². The van der Waals surface area contributed by atoms with E-state index >= 15 is 0 Å². The fraction of sp³-hybridized carbons (Fsp3) is 0.0556. The SMILES string of the molecule is O=C(OCc1ccccc1)c1[c]c2ccccc2cc1. The molecule has 20 heavy (non-hydrogen) atoms. The van der Waals surface area contributed by atoms with Gasteiger partial charge in [-0.3, -0.25) is 0 Å². The summed E-state index contributed by atoms with van der Waals surface area (Å²) in [6.07, 6.45) is 0. The maximum absolute atomic E-state index is 12.0. The second-order valence-corrected chi connectivity index (χ2v) is 4.52. The second kappa shape index (κ2) is 5.57. The van der Waals surface area contributed by atoms with Gasteiger partial charge in [0.25, 0.3) is 0 Å². The first-order chi connectivity index (χ1) is 9.83. The molecule has 0 bridgehead atoms. The number of esters is 1. The van der Waals surface area contributed by atoms with Gasteiger partial charge in [0.05, 0.1) is 5.56 Å². The molecule has 0 fully saturated rings. The van der Waals surface area contributed by atoms with E-state index in [0.717, 1.165) is 16.3 Å². The molecule has 3 rings (SSSR count). The lowest BCUT2D eigenvalue weighted by Gasteiger charge is -2.05. The van der Waals surface area contributed by atoms with Crippen LogP contribution in [0.15, 0.2) is 66.7 Å². The summed E-state index contributed by atoms with van der Waals surface area (Å²) < 4.78 is 5.29. The maximum atomic E-state index is 12.0. The second-order valence-electron chi connectivity index (χ2n) is 4.52. The van der Waals surface area contributed by atoms with E-state index in [4.69, 9.17) is 4.74 Å². The molecule has 1 radical (unpaired) electrons. The van der Waals surface area contributed by atoms with Gasteiger partial charge in [-0.1, -0.05) is 60.7 Å². The van der Waals surface area contributed by atoms with Crippen LogP contribution in [-0.4, -0.2) is 5.97 Å². The molecule has 0 aliphatic carbocycles. The fourth-order valence-electron chi connectivity index (χ4n) is 2.04. The average Bonchev–Trinajstić information content (AvgIpc) is 2.53. The van der Waals surface area contributed by atoms with Crippen molar-refractivity contribution in [3.63, 3.8) is 0 Å². The highest BCUT2D eigenvalue weighted by atomic mass is 16.5. The van der Waals surface area contributed by atoms with Gasteiger partial charge >= 0.3 is 5.97 Å². The molecule has 97 valence electrons. The van der Waals surface area contributed by atoms with Crippen LogP contribution in [0.3, 0.4) is 0 Å². The van der Waals surface area contributed by atoms with E-state index in [-0.39, 0.29) is 12.6 Å². The Labute approximate surface area is 117 Å². The van der Waals surface area contributed by atoms with Crippen molar-refractivity contribution >= 4 is 16.7 Å². The third kappa shape index (κ3) is 2.69. The van der Waals surface area contributed by atoms with Gasteiger partial charge in [0.15, 0.2) is 0 Å². The van der Waals surface area contributed by atoms with Crippen molar-refractivity contribution in [2.75, 3.05) is 0 Å². The fourth-order valence-corrected chi connectivity index (χ4v) is 2.04. The van der Waals surface area contributed by atoms with Gasteiger partial charge in [0, 0.05) is 6.07 Å². The summed E-state index contributed by atoms with van der Waals surface area (Å²) in [6.45, 7) is 0.278. The Morgan fingerprint density at radius 1 is 0.900 bits per heavy atom. The molecule has 0 saturated carbocycles. The molecule has 2 nitrogen and oxygen atoms in total. The minimum absolute atomic E-state index is 0.278. The van der Waals surface area contributed by atoms with Crippen LogP contribution in [0.25, 0.3) is 10.8 Å². The molecule has 0 spiro atoms. The van der Waals surface area contributed by atoms with E-state index in [1.54, 1.807) is 6.07 Å². The Morgan fingerprint density at radius 2 is 1.65 bits per heavy atom. The Hall–Kier alpha value is -2.61. The van der Waals surface area contributed by atoms with Crippen molar-refractivity contribution in [2.24, 2.45) is 0 Å². The van der Waals surface area contributed by atoms with E-state index < -0.39 is 0 Å². The predicted molar refractivity (Wildman–Crippen MR) is 78.3 cm³/mol. The first-order valence-corrected chi connectivity index (χ1v) is 6.45. The van der Waals surface area contributed by atoms with Gasteiger partial charge in [-0.05, 0) is 22.4 Å². The zero-order valence-electron chi connectivity index (χ0n) is 10.9. The molecule has 2 heteroatoms. The summed E-state index contributed by atoms with van der Waals surface area (Å²) in [4.78, 5) is 12.0. The highest BCUT2D eigenvalue weighted by Crippen LogP contribution is 2.16. The zero-order chi connectivity index (χ0) is 13.8. The minimum Gasteiger partial charge on any atom is -0.457 e. The number of hydrogen-bond donors (Lipinski definition) is 0. The monoisotopic (exact) mass is 261 g/mol. The van der Waals surface area contributed by atoms with Gasteiger partial charge in [0.2, 0.25) is 0 Å². The molecule has 3 aromatic carbocycles. The van der Waals surface area contributed by atoms with E-state index in [0.29, 0.717) is 5.56 Å². The molecule has 0 amide bonds. The van der Waals surface area contributed by atoms with Crippen molar-refractivity contribution in [3.8, 4) is 0 Å². The maximum Gasteiger partial charge on any atom is 0.339 e. The van der Waals surface area contributed by atoms with Gasteiger partial charge in [-0.2, -0.15) is 0 Å². The van der Waals surface area contributed by atoms with Crippen LogP contribution in [0.4, 0.5) is 0 Å². The number of carbonyl (C=O) groups excluding carboxylic acids is 1. The van der Waals surface area contributed by atoms with Gasteiger partial charge in [-0.25, -0.2) is 4.79 Å². The number of hydrogen-bond acceptors (Lipinski definition) is 2. The third-order valence-electron chi connectivity index (χ3n) is 3.09. The van der Waals surface area contributed by atoms with E-state index in [1.807, 2.05) is 60.7 Å². The standard InChI is InChI=1S/C18H13O2/c19-18(20-13-14-6-2-1-3-7-14)17-11-10-15-8-4-5-9-16(15)12-17/h1-11H,13H2. The minimum atomic E-state index is -0.348. The van der Waals surface area contributed by atoms with Crippen LogP contribution in [-0.2, 0) is 11.3 Å². The van der Waals surface area contributed by atoms with Crippen LogP contribution in [0.1, 0.15) is 15.9 Å². The third-order valence-corrected chi connectivity index (χ3v) is 3.09. The molecule has 0 heterocycles. The van der Waals surface area contributed by atoms with E-state index in [9.17, 15) is 4.79 Å². The molecular weight excluding hydrogens is 248 g/mol. The van der Waals surface area contributed by atoms with Gasteiger partial charge in [0.1, 0.15) is 6.61 Å². The zero-order valence-corrected chi connectivity index (χ0v) is 10.9. The Bertz CT molecular complexity index is 733. The van der Waals surface area contributed by atoms with Gasteiger partial charge < -0.3 is 4.74 Å². The van der Waals surface area contributed by atoms with Crippen LogP contribution >= 0.6 is 0 Å². The number of ether oxygens (including phenoxy) is 1. The Morgan fingerprint density at radius 3 is 2.50 bits per heavy atom. The summed E-state index contributed by atoms with van der Waals surface area (Å²) in [5.74, 6) is -0.348.